The van der Waals surface area contributed by atoms with Gasteiger partial charge in [-0.25, -0.2) is 0 Å². The molecule has 3 unspecified atom stereocenters. The molecule has 3 saturated heterocycles. The number of carbonyl (C=O) groups excluding carboxylic acids is 3. The number of alkyl halides is 1. The van der Waals surface area contributed by atoms with Crippen LogP contribution in [0.15, 0.2) is 24.3 Å². The molecule has 0 radical (unpaired) electrons. The monoisotopic (exact) mass is 567 g/mol. The molecule has 35 heavy (non-hydrogen) atoms. The van der Waals surface area contributed by atoms with Crippen molar-refractivity contribution in [1.29, 1.82) is 0 Å². The highest BCUT2D eigenvalue weighted by Gasteiger charge is 2.76. The van der Waals surface area contributed by atoms with Crippen molar-refractivity contribution in [3.63, 3.8) is 0 Å². The number of nitrogens with zero attached hydrogens (tertiary/aromatic N) is 1. The first-order chi connectivity index (χ1) is 16.7. The number of ether oxygens (including phenoxy) is 1. The number of rotatable bonds is 9. The van der Waals surface area contributed by atoms with E-state index in [4.69, 9.17) is 4.74 Å². The summed E-state index contributed by atoms with van der Waals surface area (Å²) in [6.07, 6.45) is 1.40. The number of halogens is 1. The van der Waals surface area contributed by atoms with Gasteiger partial charge in [0, 0.05) is 22.3 Å². The first-order valence-corrected chi connectivity index (χ1v) is 14.0. The maximum atomic E-state index is 14.0. The topological polar surface area (TPSA) is 108 Å². The minimum Gasteiger partial charge on any atom is -0.497 e. The number of likely N-dealkylation sites (tertiary alicyclic amines) is 1. The van der Waals surface area contributed by atoms with Crippen molar-refractivity contribution in [3.8, 4) is 5.75 Å². The zero-order valence-corrected chi connectivity index (χ0v) is 22.9. The summed E-state index contributed by atoms with van der Waals surface area (Å²) in [6.45, 7) is 6.14. The number of anilines is 1. The quantitative estimate of drug-likeness (QED) is 0.396. The van der Waals surface area contributed by atoms with E-state index in [9.17, 15) is 19.5 Å². The van der Waals surface area contributed by atoms with E-state index in [1.807, 2.05) is 20.8 Å². The molecule has 10 heteroatoms. The molecule has 1 aromatic rings. The highest BCUT2D eigenvalue weighted by molar-refractivity contribution is 9.09. The molecule has 0 aliphatic carbocycles. The van der Waals surface area contributed by atoms with E-state index in [2.05, 4.69) is 26.6 Å². The summed E-state index contributed by atoms with van der Waals surface area (Å²) < 4.78 is 4.46. The third-order valence-corrected chi connectivity index (χ3v) is 10.7. The number of fused-ring (bicyclic) bond motifs is 1. The Kier molecular flexibility index (Phi) is 7.74. The van der Waals surface area contributed by atoms with Gasteiger partial charge in [0.05, 0.1) is 36.3 Å². The number of benzene rings is 1. The maximum absolute atomic E-state index is 14.0. The van der Waals surface area contributed by atoms with Gasteiger partial charge in [-0.1, -0.05) is 36.7 Å². The Labute approximate surface area is 219 Å². The highest BCUT2D eigenvalue weighted by Crippen LogP contribution is 2.68. The lowest BCUT2D eigenvalue weighted by atomic mass is 9.70. The molecule has 3 fully saturated rings. The Morgan fingerprint density at radius 3 is 2.54 bits per heavy atom. The van der Waals surface area contributed by atoms with Crippen LogP contribution in [0.3, 0.4) is 0 Å². The van der Waals surface area contributed by atoms with E-state index < -0.39 is 28.7 Å². The average Bonchev–Trinajstić information content (AvgIpc) is 3.42. The fraction of sp³-hybridized carbons (Fsp3) is 0.640. The molecule has 3 aliphatic heterocycles. The van der Waals surface area contributed by atoms with Crippen LogP contribution in [-0.2, 0) is 14.4 Å². The summed E-state index contributed by atoms with van der Waals surface area (Å²) in [5, 5.41) is 16.1. The summed E-state index contributed by atoms with van der Waals surface area (Å²) in [5.41, 5.74) is 0.596. The van der Waals surface area contributed by atoms with E-state index in [1.165, 1.54) is 0 Å². The van der Waals surface area contributed by atoms with Gasteiger partial charge in [-0.05, 0) is 43.0 Å². The van der Waals surface area contributed by atoms with Crippen LogP contribution in [0.1, 0.15) is 33.6 Å². The molecule has 8 nitrogen and oxygen atoms in total. The lowest BCUT2D eigenvalue weighted by Gasteiger charge is -2.38. The summed E-state index contributed by atoms with van der Waals surface area (Å²) in [4.78, 5) is 42.8. The molecule has 1 spiro atoms. The zero-order chi connectivity index (χ0) is 25.5. The number of amides is 3. The second-order valence-electron chi connectivity index (χ2n) is 9.91. The molecule has 4 rings (SSSR count). The first kappa shape index (κ1) is 26.3. The van der Waals surface area contributed by atoms with Gasteiger partial charge in [0.1, 0.15) is 11.8 Å². The molecule has 3 N–H and O–H groups in total. The Bertz CT molecular complexity index is 976. The van der Waals surface area contributed by atoms with Crippen LogP contribution in [0.2, 0.25) is 0 Å². The molecular weight excluding hydrogens is 534 g/mol. The minimum absolute atomic E-state index is 0.0109. The summed E-state index contributed by atoms with van der Waals surface area (Å²) in [6, 6.07) is 5.70. The van der Waals surface area contributed by atoms with Crippen molar-refractivity contribution in [2.45, 2.75) is 60.5 Å². The number of aliphatic hydroxyl groups is 1. The fourth-order valence-corrected chi connectivity index (χ4v) is 9.49. The lowest BCUT2D eigenvalue weighted by molar-refractivity contribution is -0.142. The SMILES string of the molecule is CCCNC(=O)[C@H]1[C@H]2C(=O)N([C@@H](CO)C(C)C)C(C(=O)Nc3ccc(OC)cc3)C23CC(Br)[C@@H]1S3. The molecule has 0 saturated carbocycles. The molecule has 2 bridgehead atoms. The van der Waals surface area contributed by atoms with Crippen molar-refractivity contribution in [1.82, 2.24) is 10.2 Å². The zero-order valence-electron chi connectivity index (χ0n) is 20.5. The van der Waals surface area contributed by atoms with Crippen LogP contribution in [0.4, 0.5) is 5.69 Å². The summed E-state index contributed by atoms with van der Waals surface area (Å²) >= 11 is 5.36. The first-order valence-electron chi connectivity index (χ1n) is 12.2. The van der Waals surface area contributed by atoms with Crippen LogP contribution < -0.4 is 15.4 Å². The van der Waals surface area contributed by atoms with Gasteiger partial charge in [0.15, 0.2) is 0 Å². The number of carbonyl (C=O) groups is 3. The van der Waals surface area contributed by atoms with Gasteiger partial charge < -0.3 is 25.4 Å². The Morgan fingerprint density at radius 2 is 1.97 bits per heavy atom. The smallest absolute Gasteiger partial charge is 0.248 e. The Hall–Kier alpha value is -1.78. The van der Waals surface area contributed by atoms with E-state index in [1.54, 1.807) is 48.0 Å². The van der Waals surface area contributed by atoms with Gasteiger partial charge in [0.25, 0.3) is 0 Å². The maximum Gasteiger partial charge on any atom is 0.248 e. The highest BCUT2D eigenvalue weighted by atomic mass is 79.9. The molecule has 1 aromatic carbocycles. The number of methoxy groups -OCH3 is 1. The molecule has 192 valence electrons. The van der Waals surface area contributed by atoms with Gasteiger partial charge in [-0.3, -0.25) is 14.4 Å². The standard InChI is InChI=1S/C25H34BrN3O5S/c1-5-10-27-22(31)18-19-24(33)29(17(12-30)13(2)3)21(25(19)11-16(26)20(18)35-25)23(32)28-14-6-8-15(34-4)9-7-14/h6-9,13,16-21,30H,5,10-12H2,1-4H3,(H,27,31)(H,28,32)/t16?,17-,18-,19-,20-,21?,25?/m0/s1. The molecule has 3 aliphatic rings. The van der Waals surface area contributed by atoms with Crippen molar-refractivity contribution in [2.24, 2.45) is 17.8 Å². The van der Waals surface area contributed by atoms with Crippen LogP contribution in [0, 0.1) is 17.8 Å². The number of hydrogen-bond acceptors (Lipinski definition) is 6. The van der Waals surface area contributed by atoms with Crippen molar-refractivity contribution < 1.29 is 24.2 Å². The predicted octanol–water partition coefficient (Wildman–Crippen LogP) is 2.64. The van der Waals surface area contributed by atoms with Crippen LogP contribution in [0.25, 0.3) is 0 Å². The number of nitrogens with one attached hydrogen (secondary N) is 2. The number of hydrogen-bond donors (Lipinski definition) is 3. The third-order valence-electron chi connectivity index (χ3n) is 7.50. The van der Waals surface area contributed by atoms with Crippen molar-refractivity contribution in [3.05, 3.63) is 24.3 Å². The number of aliphatic hydroxyl groups excluding tert-OH is 1. The van der Waals surface area contributed by atoms with Crippen LogP contribution in [-0.4, -0.2) is 74.9 Å². The summed E-state index contributed by atoms with van der Waals surface area (Å²) in [5.74, 6) is -1.16. The number of thioether (sulfide) groups is 1. The van der Waals surface area contributed by atoms with Crippen LogP contribution in [0.5, 0.6) is 5.75 Å². The largest absolute Gasteiger partial charge is 0.497 e. The Morgan fingerprint density at radius 1 is 1.29 bits per heavy atom. The van der Waals surface area contributed by atoms with Crippen molar-refractivity contribution >= 4 is 51.1 Å². The molecule has 0 aromatic heterocycles. The lowest BCUT2D eigenvalue weighted by Crippen LogP contribution is -2.56. The normalized spacial score (nSPS) is 32.0. The van der Waals surface area contributed by atoms with E-state index in [0.29, 0.717) is 24.4 Å². The average molecular weight is 569 g/mol. The molecule has 7 atom stereocenters. The fourth-order valence-electron chi connectivity index (χ4n) is 5.90. The van der Waals surface area contributed by atoms with Gasteiger partial charge >= 0.3 is 0 Å². The van der Waals surface area contributed by atoms with Crippen molar-refractivity contribution in [2.75, 3.05) is 25.6 Å². The van der Waals surface area contributed by atoms with Gasteiger partial charge in [-0.2, -0.15) is 0 Å². The third kappa shape index (κ3) is 4.35. The second-order valence-corrected chi connectivity index (χ2v) is 12.6. The predicted molar refractivity (Wildman–Crippen MR) is 140 cm³/mol. The second kappa shape index (κ2) is 10.3. The molecular formula is C25H34BrN3O5S. The van der Waals surface area contributed by atoms with E-state index >= 15 is 0 Å². The van der Waals surface area contributed by atoms with Gasteiger partial charge in [-0.15, -0.1) is 11.8 Å². The van der Waals surface area contributed by atoms with E-state index in [-0.39, 0.29) is 40.3 Å². The van der Waals surface area contributed by atoms with Gasteiger partial charge in [0.2, 0.25) is 17.7 Å². The van der Waals surface area contributed by atoms with E-state index in [0.717, 1.165) is 6.42 Å². The van der Waals surface area contributed by atoms with Crippen LogP contribution >= 0.6 is 27.7 Å². The molecule has 3 amide bonds. The molecule has 3 heterocycles. The summed E-state index contributed by atoms with van der Waals surface area (Å²) in [7, 11) is 1.58. The minimum atomic E-state index is -0.805. The Balaban J connectivity index is 1.74.